The first-order chi connectivity index (χ1) is 11.2. The van der Waals surface area contributed by atoms with Crippen molar-refractivity contribution in [3.8, 4) is 0 Å². The van der Waals surface area contributed by atoms with E-state index in [1.165, 1.54) is 11.3 Å². The van der Waals surface area contributed by atoms with E-state index < -0.39 is 29.2 Å². The van der Waals surface area contributed by atoms with Crippen molar-refractivity contribution in [2.24, 2.45) is 0 Å². The van der Waals surface area contributed by atoms with Crippen LogP contribution in [0.5, 0.6) is 0 Å². The lowest BCUT2D eigenvalue weighted by molar-refractivity contribution is -0.266. The third kappa shape index (κ3) is 3.26. The van der Waals surface area contributed by atoms with Crippen LogP contribution in [0, 0.1) is 0 Å². The van der Waals surface area contributed by atoms with Gasteiger partial charge in [-0.15, -0.1) is 11.3 Å². The second kappa shape index (κ2) is 6.62. The third-order valence-electron chi connectivity index (χ3n) is 3.20. The number of thiophene rings is 1. The van der Waals surface area contributed by atoms with Crippen LogP contribution in [-0.4, -0.2) is 30.3 Å². The quantitative estimate of drug-likeness (QED) is 0.823. The fourth-order valence-corrected chi connectivity index (χ4v) is 2.56. The summed E-state index contributed by atoms with van der Waals surface area (Å²) in [5.41, 5.74) is -4.28. The zero-order chi connectivity index (χ0) is 18.0. The minimum atomic E-state index is -5.26. The van der Waals surface area contributed by atoms with Crippen LogP contribution >= 0.6 is 11.3 Å². The standard InChI is InChI=1S/C15H12F3NO4S/c1-23-13(21)14(22,15(16,17)18)9-4-6-10(7-5-9)19-12(20)11-3-2-8-24-11/h2-8,22H,1H3,(H,19,20)/t14-/m0/s1. The van der Waals surface area contributed by atoms with Gasteiger partial charge in [0, 0.05) is 11.3 Å². The number of benzene rings is 1. The van der Waals surface area contributed by atoms with Crippen molar-refractivity contribution < 1.29 is 32.6 Å². The summed E-state index contributed by atoms with van der Waals surface area (Å²) in [4.78, 5) is 23.7. The van der Waals surface area contributed by atoms with Crippen LogP contribution in [0.15, 0.2) is 41.8 Å². The predicted molar refractivity (Wildman–Crippen MR) is 80.7 cm³/mol. The minimum Gasteiger partial charge on any atom is -0.466 e. The molecule has 5 nitrogen and oxygen atoms in total. The molecule has 24 heavy (non-hydrogen) atoms. The molecule has 0 saturated heterocycles. The highest BCUT2D eigenvalue weighted by atomic mass is 32.1. The summed E-state index contributed by atoms with van der Waals surface area (Å²) in [6.07, 6.45) is -5.26. The number of hydrogen-bond acceptors (Lipinski definition) is 5. The van der Waals surface area contributed by atoms with Crippen LogP contribution in [0.1, 0.15) is 15.2 Å². The molecule has 1 aromatic carbocycles. The molecule has 2 aromatic rings. The molecule has 0 bridgehead atoms. The van der Waals surface area contributed by atoms with Crippen LogP contribution in [-0.2, 0) is 15.1 Å². The molecule has 2 rings (SSSR count). The van der Waals surface area contributed by atoms with Gasteiger partial charge in [-0.05, 0) is 23.6 Å². The van der Waals surface area contributed by atoms with Gasteiger partial charge in [0.15, 0.2) is 0 Å². The molecular formula is C15H12F3NO4S. The highest BCUT2D eigenvalue weighted by molar-refractivity contribution is 7.12. The molecule has 9 heteroatoms. The average Bonchev–Trinajstić information content (AvgIpc) is 3.07. The summed E-state index contributed by atoms with van der Waals surface area (Å²) in [5, 5.41) is 14.0. The zero-order valence-corrected chi connectivity index (χ0v) is 13.1. The lowest BCUT2D eigenvalue weighted by Crippen LogP contribution is -2.49. The van der Waals surface area contributed by atoms with E-state index >= 15 is 0 Å². The number of aliphatic hydroxyl groups is 1. The molecule has 0 aliphatic carbocycles. The lowest BCUT2D eigenvalue weighted by Gasteiger charge is -2.28. The molecule has 0 saturated carbocycles. The van der Waals surface area contributed by atoms with Crippen LogP contribution in [0.4, 0.5) is 18.9 Å². The molecule has 0 aliphatic heterocycles. The number of halogens is 3. The Kier molecular flexibility index (Phi) is 4.95. The predicted octanol–water partition coefficient (Wildman–Crippen LogP) is 2.92. The number of hydrogen-bond donors (Lipinski definition) is 2. The Bertz CT molecular complexity index is 728. The van der Waals surface area contributed by atoms with Gasteiger partial charge >= 0.3 is 12.1 Å². The number of carbonyl (C=O) groups is 2. The monoisotopic (exact) mass is 359 g/mol. The highest BCUT2D eigenvalue weighted by Crippen LogP contribution is 2.40. The molecule has 0 radical (unpaired) electrons. The van der Waals surface area contributed by atoms with E-state index in [9.17, 15) is 27.9 Å². The molecule has 1 heterocycles. The first-order valence-electron chi connectivity index (χ1n) is 6.53. The summed E-state index contributed by atoms with van der Waals surface area (Å²) >= 11 is 1.21. The van der Waals surface area contributed by atoms with Crippen LogP contribution in [0.25, 0.3) is 0 Å². The number of methoxy groups -OCH3 is 1. The zero-order valence-electron chi connectivity index (χ0n) is 12.3. The summed E-state index contributed by atoms with van der Waals surface area (Å²) < 4.78 is 43.4. The summed E-state index contributed by atoms with van der Waals surface area (Å²) in [7, 11) is 0.745. The summed E-state index contributed by atoms with van der Waals surface area (Å²) in [6.45, 7) is 0. The topological polar surface area (TPSA) is 75.6 Å². The maximum Gasteiger partial charge on any atom is 0.432 e. The van der Waals surface area contributed by atoms with E-state index in [-0.39, 0.29) is 5.69 Å². The van der Waals surface area contributed by atoms with Gasteiger partial charge < -0.3 is 15.2 Å². The molecular weight excluding hydrogens is 347 g/mol. The number of nitrogens with one attached hydrogen (secondary N) is 1. The Morgan fingerprint density at radius 2 is 1.79 bits per heavy atom. The normalized spacial score (nSPS) is 13.9. The van der Waals surface area contributed by atoms with E-state index in [2.05, 4.69) is 10.1 Å². The van der Waals surface area contributed by atoms with Crippen LogP contribution < -0.4 is 5.32 Å². The van der Waals surface area contributed by atoms with Gasteiger partial charge in [0.05, 0.1) is 12.0 Å². The molecule has 1 atom stereocenters. The molecule has 0 aliphatic rings. The number of anilines is 1. The number of esters is 1. The van der Waals surface area contributed by atoms with E-state index in [0.29, 0.717) is 4.88 Å². The van der Waals surface area contributed by atoms with Gasteiger partial charge in [0.2, 0.25) is 0 Å². The van der Waals surface area contributed by atoms with Crippen molar-refractivity contribution in [3.05, 3.63) is 52.2 Å². The van der Waals surface area contributed by atoms with Gasteiger partial charge in [-0.2, -0.15) is 13.2 Å². The van der Waals surface area contributed by atoms with Gasteiger partial charge in [0.1, 0.15) is 0 Å². The van der Waals surface area contributed by atoms with Gasteiger partial charge in [0.25, 0.3) is 11.5 Å². The van der Waals surface area contributed by atoms with Crippen molar-refractivity contribution in [1.29, 1.82) is 0 Å². The number of rotatable bonds is 4. The van der Waals surface area contributed by atoms with Crippen LogP contribution in [0.3, 0.4) is 0 Å². The fraction of sp³-hybridized carbons (Fsp3) is 0.200. The minimum absolute atomic E-state index is 0.214. The smallest absolute Gasteiger partial charge is 0.432 e. The number of alkyl halides is 3. The van der Waals surface area contributed by atoms with E-state index in [1.54, 1.807) is 17.5 Å². The van der Waals surface area contributed by atoms with Gasteiger partial charge in [-0.1, -0.05) is 18.2 Å². The first-order valence-corrected chi connectivity index (χ1v) is 7.41. The van der Waals surface area contributed by atoms with Crippen molar-refractivity contribution in [3.63, 3.8) is 0 Å². The Morgan fingerprint density at radius 3 is 2.25 bits per heavy atom. The summed E-state index contributed by atoms with van der Waals surface area (Å²) in [5.74, 6) is -2.26. The Morgan fingerprint density at radius 1 is 1.17 bits per heavy atom. The van der Waals surface area contributed by atoms with E-state index in [0.717, 1.165) is 31.4 Å². The third-order valence-corrected chi connectivity index (χ3v) is 4.07. The molecule has 1 amide bonds. The second-order valence-electron chi connectivity index (χ2n) is 4.71. The van der Waals surface area contributed by atoms with Crippen molar-refractivity contribution in [1.82, 2.24) is 0 Å². The fourth-order valence-electron chi connectivity index (χ4n) is 1.94. The van der Waals surface area contributed by atoms with Crippen LogP contribution in [0.2, 0.25) is 0 Å². The lowest BCUT2D eigenvalue weighted by atomic mass is 9.93. The molecule has 0 spiro atoms. The van der Waals surface area contributed by atoms with E-state index in [4.69, 9.17) is 0 Å². The maximum absolute atomic E-state index is 13.1. The van der Waals surface area contributed by atoms with E-state index in [1.807, 2.05) is 0 Å². The highest BCUT2D eigenvalue weighted by Gasteiger charge is 2.62. The first kappa shape index (κ1) is 18.0. The Labute approximate surface area is 138 Å². The second-order valence-corrected chi connectivity index (χ2v) is 5.66. The molecule has 0 unspecified atom stereocenters. The van der Waals surface area contributed by atoms with Gasteiger partial charge in [-0.3, -0.25) is 4.79 Å². The molecule has 1 aromatic heterocycles. The van der Waals surface area contributed by atoms with Crippen molar-refractivity contribution in [2.75, 3.05) is 12.4 Å². The van der Waals surface area contributed by atoms with Crippen molar-refractivity contribution in [2.45, 2.75) is 11.8 Å². The maximum atomic E-state index is 13.1. The number of carbonyl (C=O) groups excluding carboxylic acids is 2. The largest absolute Gasteiger partial charge is 0.466 e. The number of ether oxygens (including phenoxy) is 1. The Balaban J connectivity index is 2.27. The molecule has 2 N–H and O–H groups in total. The molecule has 0 fully saturated rings. The molecule has 128 valence electrons. The average molecular weight is 359 g/mol. The summed E-state index contributed by atoms with van der Waals surface area (Å²) in [6, 6.07) is 7.38. The SMILES string of the molecule is COC(=O)[C@@](O)(c1ccc(NC(=O)c2cccs2)cc1)C(F)(F)F. The van der Waals surface area contributed by atoms with Gasteiger partial charge in [-0.25, -0.2) is 4.79 Å². The Hall–Kier alpha value is -2.39. The number of amides is 1. The van der Waals surface area contributed by atoms with Crippen molar-refractivity contribution >= 4 is 28.9 Å².